The molecule has 118 valence electrons. The maximum atomic E-state index is 5.81. The van der Waals surface area contributed by atoms with Crippen molar-refractivity contribution >= 4 is 5.82 Å². The van der Waals surface area contributed by atoms with Gasteiger partial charge in [0.2, 0.25) is 0 Å². The third-order valence-electron chi connectivity index (χ3n) is 4.04. The summed E-state index contributed by atoms with van der Waals surface area (Å²) in [7, 11) is 1.99. The van der Waals surface area contributed by atoms with Crippen molar-refractivity contribution in [1.29, 1.82) is 0 Å². The van der Waals surface area contributed by atoms with Crippen LogP contribution in [0.5, 0.6) is 0 Å². The van der Waals surface area contributed by atoms with Gasteiger partial charge in [0.05, 0.1) is 18.8 Å². The van der Waals surface area contributed by atoms with Crippen molar-refractivity contribution in [3.63, 3.8) is 0 Å². The van der Waals surface area contributed by atoms with Crippen molar-refractivity contribution < 1.29 is 4.74 Å². The first-order valence-corrected chi connectivity index (χ1v) is 8.20. The molecule has 1 aliphatic rings. The average molecular weight is 291 g/mol. The van der Waals surface area contributed by atoms with Crippen molar-refractivity contribution in [3.05, 3.63) is 23.4 Å². The van der Waals surface area contributed by atoms with E-state index in [0.29, 0.717) is 6.04 Å². The predicted molar refractivity (Wildman–Crippen MR) is 87.8 cm³/mol. The van der Waals surface area contributed by atoms with E-state index in [1.54, 1.807) is 0 Å². The van der Waals surface area contributed by atoms with Crippen LogP contribution in [0.4, 0.5) is 5.82 Å². The fourth-order valence-corrected chi connectivity index (χ4v) is 2.93. The third kappa shape index (κ3) is 4.17. The summed E-state index contributed by atoms with van der Waals surface area (Å²) in [6.07, 6.45) is 3.54. The summed E-state index contributed by atoms with van der Waals surface area (Å²) in [5.41, 5.74) is 2.52. The van der Waals surface area contributed by atoms with Gasteiger partial charge in [-0.3, -0.25) is 0 Å². The minimum absolute atomic E-state index is 0.275. The monoisotopic (exact) mass is 291 g/mol. The van der Waals surface area contributed by atoms with Gasteiger partial charge in [-0.1, -0.05) is 20.3 Å². The number of morpholine rings is 1. The lowest BCUT2D eigenvalue weighted by Crippen LogP contribution is -2.49. The van der Waals surface area contributed by atoms with Crippen LogP contribution in [0.1, 0.15) is 44.9 Å². The fourth-order valence-electron chi connectivity index (χ4n) is 2.93. The SMILES string of the molecule is CCCc1cc(CNC)cc(N2CC(C)OCC2CC)n1. The summed E-state index contributed by atoms with van der Waals surface area (Å²) >= 11 is 0. The Morgan fingerprint density at radius 2 is 2.19 bits per heavy atom. The van der Waals surface area contributed by atoms with Gasteiger partial charge in [-0.2, -0.15) is 0 Å². The number of rotatable bonds is 6. The molecule has 0 aromatic carbocycles. The number of hydrogen-bond donors (Lipinski definition) is 1. The average Bonchev–Trinajstić information content (AvgIpc) is 2.47. The Balaban J connectivity index is 2.30. The molecule has 0 radical (unpaired) electrons. The highest BCUT2D eigenvalue weighted by Crippen LogP contribution is 2.24. The summed E-state index contributed by atoms with van der Waals surface area (Å²) in [5.74, 6) is 1.12. The maximum Gasteiger partial charge on any atom is 0.129 e. The Hall–Kier alpha value is -1.13. The van der Waals surface area contributed by atoms with Crippen molar-refractivity contribution in [2.45, 2.75) is 58.7 Å². The van der Waals surface area contributed by atoms with Gasteiger partial charge in [-0.05, 0) is 44.5 Å². The smallest absolute Gasteiger partial charge is 0.129 e. The van der Waals surface area contributed by atoms with Crippen LogP contribution < -0.4 is 10.2 Å². The van der Waals surface area contributed by atoms with Crippen LogP contribution >= 0.6 is 0 Å². The quantitative estimate of drug-likeness (QED) is 0.874. The Kier molecular flexibility index (Phi) is 6.00. The normalized spacial score (nSPS) is 22.6. The molecule has 0 spiro atoms. The molecule has 1 aromatic rings. The second-order valence-electron chi connectivity index (χ2n) is 5.96. The van der Waals surface area contributed by atoms with Crippen LogP contribution in [-0.2, 0) is 17.7 Å². The van der Waals surface area contributed by atoms with Gasteiger partial charge in [-0.25, -0.2) is 4.98 Å². The fraction of sp³-hybridized carbons (Fsp3) is 0.706. The van der Waals surface area contributed by atoms with Gasteiger partial charge in [0.15, 0.2) is 0 Å². The first kappa shape index (κ1) is 16.2. The number of pyridine rings is 1. The molecule has 0 saturated carbocycles. The highest BCUT2D eigenvalue weighted by Gasteiger charge is 2.26. The molecule has 21 heavy (non-hydrogen) atoms. The molecule has 2 unspecified atom stereocenters. The zero-order chi connectivity index (χ0) is 15.2. The minimum atomic E-state index is 0.275. The summed E-state index contributed by atoms with van der Waals surface area (Å²) in [6, 6.07) is 4.90. The lowest BCUT2D eigenvalue weighted by atomic mass is 10.1. The highest BCUT2D eigenvalue weighted by atomic mass is 16.5. The van der Waals surface area contributed by atoms with E-state index in [1.165, 1.54) is 11.3 Å². The summed E-state index contributed by atoms with van der Waals surface area (Å²) in [6.45, 7) is 9.20. The predicted octanol–water partition coefficient (Wildman–Crippen LogP) is 2.76. The minimum Gasteiger partial charge on any atom is -0.375 e. The Morgan fingerprint density at radius 3 is 2.86 bits per heavy atom. The van der Waals surface area contributed by atoms with Crippen LogP contribution in [0.25, 0.3) is 0 Å². The molecule has 1 N–H and O–H groups in total. The van der Waals surface area contributed by atoms with E-state index >= 15 is 0 Å². The Labute approximate surface area is 128 Å². The van der Waals surface area contributed by atoms with Crippen LogP contribution in [0.3, 0.4) is 0 Å². The van der Waals surface area contributed by atoms with E-state index < -0.39 is 0 Å². The van der Waals surface area contributed by atoms with E-state index in [0.717, 1.165) is 44.8 Å². The number of nitrogens with zero attached hydrogens (tertiary/aromatic N) is 2. The third-order valence-corrected chi connectivity index (χ3v) is 4.04. The molecule has 2 heterocycles. The standard InChI is InChI=1S/C17H29N3O/c1-5-7-15-8-14(10-18-4)9-17(19-15)20-11-13(3)21-12-16(20)6-2/h8-9,13,16,18H,5-7,10-12H2,1-4H3. The number of hydrogen-bond acceptors (Lipinski definition) is 4. The van der Waals surface area contributed by atoms with Crippen molar-refractivity contribution in [1.82, 2.24) is 10.3 Å². The Morgan fingerprint density at radius 1 is 1.38 bits per heavy atom. The number of nitrogens with one attached hydrogen (secondary N) is 1. The highest BCUT2D eigenvalue weighted by molar-refractivity contribution is 5.44. The van der Waals surface area contributed by atoms with Gasteiger partial charge >= 0.3 is 0 Å². The van der Waals surface area contributed by atoms with Gasteiger partial charge in [0, 0.05) is 18.8 Å². The summed E-state index contributed by atoms with van der Waals surface area (Å²) in [5, 5.41) is 3.25. The zero-order valence-corrected chi connectivity index (χ0v) is 13.9. The largest absolute Gasteiger partial charge is 0.375 e. The van der Waals surface area contributed by atoms with E-state index in [1.807, 2.05) is 7.05 Å². The van der Waals surface area contributed by atoms with E-state index in [2.05, 4.69) is 43.1 Å². The molecule has 2 rings (SSSR count). The molecule has 1 aliphatic heterocycles. The molecule has 0 bridgehead atoms. The van der Waals surface area contributed by atoms with E-state index in [9.17, 15) is 0 Å². The number of aryl methyl sites for hydroxylation is 1. The van der Waals surface area contributed by atoms with E-state index in [-0.39, 0.29) is 6.10 Å². The zero-order valence-electron chi connectivity index (χ0n) is 13.9. The molecule has 1 aromatic heterocycles. The lowest BCUT2D eigenvalue weighted by Gasteiger charge is -2.39. The van der Waals surface area contributed by atoms with Gasteiger partial charge in [-0.15, -0.1) is 0 Å². The molecule has 0 aliphatic carbocycles. The van der Waals surface area contributed by atoms with E-state index in [4.69, 9.17) is 9.72 Å². The second-order valence-corrected chi connectivity index (χ2v) is 5.96. The van der Waals surface area contributed by atoms with Crippen LogP contribution in [0.15, 0.2) is 12.1 Å². The number of ether oxygens (including phenoxy) is 1. The summed E-state index contributed by atoms with van der Waals surface area (Å²) in [4.78, 5) is 7.34. The molecule has 1 saturated heterocycles. The maximum absolute atomic E-state index is 5.81. The molecule has 0 amide bonds. The van der Waals surface area contributed by atoms with Crippen LogP contribution in [0.2, 0.25) is 0 Å². The Bertz CT molecular complexity index is 425. The van der Waals surface area contributed by atoms with Gasteiger partial charge < -0.3 is 15.0 Å². The molecule has 4 nitrogen and oxygen atoms in total. The van der Waals surface area contributed by atoms with Crippen molar-refractivity contribution in [2.24, 2.45) is 0 Å². The molecule has 2 atom stereocenters. The molecule has 4 heteroatoms. The first-order valence-electron chi connectivity index (χ1n) is 8.20. The molecular weight excluding hydrogens is 262 g/mol. The first-order chi connectivity index (χ1) is 10.2. The molecule has 1 fully saturated rings. The van der Waals surface area contributed by atoms with Crippen molar-refractivity contribution in [3.8, 4) is 0 Å². The summed E-state index contributed by atoms with van der Waals surface area (Å²) < 4.78 is 5.81. The second kappa shape index (κ2) is 7.76. The lowest BCUT2D eigenvalue weighted by molar-refractivity contribution is 0.0296. The van der Waals surface area contributed by atoms with Crippen LogP contribution in [-0.4, -0.2) is 37.3 Å². The van der Waals surface area contributed by atoms with Gasteiger partial charge in [0.1, 0.15) is 5.82 Å². The van der Waals surface area contributed by atoms with Crippen LogP contribution in [0, 0.1) is 0 Å². The molecular formula is C17H29N3O. The van der Waals surface area contributed by atoms with Gasteiger partial charge in [0.25, 0.3) is 0 Å². The number of anilines is 1. The number of aromatic nitrogens is 1. The topological polar surface area (TPSA) is 37.4 Å². The van der Waals surface area contributed by atoms with Crippen molar-refractivity contribution in [2.75, 3.05) is 25.1 Å².